The Balaban J connectivity index is 3.16. The zero-order valence-corrected chi connectivity index (χ0v) is 9.39. The van der Waals surface area contributed by atoms with Gasteiger partial charge in [0.25, 0.3) is 5.56 Å². The summed E-state index contributed by atoms with van der Waals surface area (Å²) in [7, 11) is 0. The molecule has 0 aliphatic heterocycles. The molecule has 0 saturated carbocycles. The van der Waals surface area contributed by atoms with Gasteiger partial charge in [-0.15, -0.1) is 0 Å². The third-order valence-electron chi connectivity index (χ3n) is 1.58. The van der Waals surface area contributed by atoms with E-state index in [9.17, 15) is 18.0 Å². The summed E-state index contributed by atoms with van der Waals surface area (Å²) in [5, 5.41) is 0. The number of halogens is 4. The van der Waals surface area contributed by atoms with Gasteiger partial charge in [0.15, 0.2) is 0 Å². The van der Waals surface area contributed by atoms with Gasteiger partial charge in [0.1, 0.15) is 6.54 Å². The topological polar surface area (TPSA) is 22.0 Å². The first-order valence-electron chi connectivity index (χ1n) is 3.73. The van der Waals surface area contributed by atoms with E-state index in [-0.39, 0.29) is 0 Å². The van der Waals surface area contributed by atoms with Gasteiger partial charge in [-0.05, 0) is 35.6 Å². The van der Waals surface area contributed by atoms with Gasteiger partial charge < -0.3 is 4.57 Å². The first-order chi connectivity index (χ1) is 6.29. The lowest BCUT2D eigenvalue weighted by Gasteiger charge is -2.10. The van der Waals surface area contributed by atoms with Crippen molar-refractivity contribution < 1.29 is 13.2 Å². The van der Waals surface area contributed by atoms with E-state index in [0.717, 1.165) is 0 Å². The molecule has 6 heteroatoms. The van der Waals surface area contributed by atoms with E-state index >= 15 is 0 Å². The number of hydrogen-bond donors (Lipinski definition) is 0. The maximum atomic E-state index is 12.0. The lowest BCUT2D eigenvalue weighted by Crippen LogP contribution is -2.29. The van der Waals surface area contributed by atoms with Gasteiger partial charge in [-0.25, -0.2) is 0 Å². The molecule has 0 N–H and O–H groups in total. The molecule has 0 fully saturated rings. The van der Waals surface area contributed by atoms with Gasteiger partial charge in [-0.1, -0.05) is 0 Å². The van der Waals surface area contributed by atoms with Gasteiger partial charge >= 0.3 is 6.18 Å². The predicted molar refractivity (Wildman–Crippen MR) is 54.2 cm³/mol. The molecule has 0 aromatic carbocycles. The lowest BCUT2D eigenvalue weighted by molar-refractivity contribution is -0.141. The molecule has 0 bridgehead atoms. The Kier molecular flexibility index (Phi) is 3.23. The normalized spacial score (nSPS) is 11.8. The van der Waals surface area contributed by atoms with Crippen LogP contribution in [0.3, 0.4) is 0 Å². The summed E-state index contributed by atoms with van der Waals surface area (Å²) >= 11 is 1.87. The third kappa shape index (κ3) is 3.00. The SMILES string of the molecule is Cc1cc(I)cn(CC(F)(F)F)c1=O. The van der Waals surface area contributed by atoms with Crippen LogP contribution in [0.15, 0.2) is 17.1 Å². The Morgan fingerprint density at radius 3 is 2.57 bits per heavy atom. The highest BCUT2D eigenvalue weighted by atomic mass is 127. The van der Waals surface area contributed by atoms with Crippen molar-refractivity contribution in [3.8, 4) is 0 Å². The average molecular weight is 317 g/mol. The highest BCUT2D eigenvalue weighted by molar-refractivity contribution is 14.1. The molecule has 0 unspecified atom stereocenters. The van der Waals surface area contributed by atoms with Crippen LogP contribution in [0, 0.1) is 10.5 Å². The second-order valence-electron chi connectivity index (χ2n) is 2.89. The maximum absolute atomic E-state index is 12.0. The van der Waals surface area contributed by atoms with Crippen LogP contribution in [0.4, 0.5) is 13.2 Å². The van der Waals surface area contributed by atoms with Crippen molar-refractivity contribution in [3.05, 3.63) is 31.8 Å². The van der Waals surface area contributed by atoms with Gasteiger partial charge in [-0.2, -0.15) is 13.2 Å². The maximum Gasteiger partial charge on any atom is 0.406 e. The Bertz CT molecular complexity index is 397. The van der Waals surface area contributed by atoms with Gasteiger partial charge in [0.2, 0.25) is 0 Å². The molecular weight excluding hydrogens is 310 g/mol. The Labute approximate surface area is 91.9 Å². The minimum absolute atomic E-state index is 0.321. The summed E-state index contributed by atoms with van der Waals surface area (Å²) in [5.74, 6) is 0. The smallest absolute Gasteiger partial charge is 0.305 e. The first-order valence-corrected chi connectivity index (χ1v) is 4.81. The van der Waals surface area contributed by atoms with Crippen LogP contribution >= 0.6 is 22.6 Å². The molecular formula is C8H7F3INO. The number of aryl methyl sites for hydroxylation is 1. The van der Waals surface area contributed by atoms with E-state index in [1.54, 1.807) is 6.07 Å². The number of aromatic nitrogens is 1. The predicted octanol–water partition coefficient (Wildman–Crippen LogP) is 2.32. The van der Waals surface area contributed by atoms with Crippen LogP contribution in [0.25, 0.3) is 0 Å². The number of hydrogen-bond acceptors (Lipinski definition) is 1. The van der Waals surface area contributed by atoms with E-state index in [1.165, 1.54) is 13.1 Å². The van der Waals surface area contributed by atoms with Crippen LogP contribution in [-0.4, -0.2) is 10.7 Å². The Morgan fingerprint density at radius 2 is 2.07 bits per heavy atom. The highest BCUT2D eigenvalue weighted by Crippen LogP contribution is 2.17. The molecule has 0 aliphatic rings. The van der Waals surface area contributed by atoms with Gasteiger partial charge in [0.05, 0.1) is 0 Å². The fourth-order valence-corrected chi connectivity index (χ4v) is 1.85. The van der Waals surface area contributed by atoms with E-state index in [2.05, 4.69) is 0 Å². The second kappa shape index (κ2) is 3.92. The minimum Gasteiger partial charge on any atom is -0.305 e. The van der Waals surface area contributed by atoms with Crippen LogP contribution in [0.1, 0.15) is 5.56 Å². The minimum atomic E-state index is -4.36. The van der Waals surface area contributed by atoms with Crippen LogP contribution in [0.2, 0.25) is 0 Å². The molecule has 2 nitrogen and oxygen atoms in total. The second-order valence-corrected chi connectivity index (χ2v) is 4.14. The highest BCUT2D eigenvalue weighted by Gasteiger charge is 2.28. The van der Waals surface area contributed by atoms with E-state index in [1.807, 2.05) is 22.6 Å². The summed E-state index contributed by atoms with van der Waals surface area (Å²) in [5.41, 5.74) is -0.274. The van der Waals surface area contributed by atoms with Crippen LogP contribution < -0.4 is 5.56 Å². The number of nitrogens with zero attached hydrogens (tertiary/aromatic N) is 1. The molecule has 0 radical (unpaired) electrons. The number of alkyl halides is 3. The summed E-state index contributed by atoms with van der Waals surface area (Å²) in [6.07, 6.45) is -3.16. The van der Waals surface area contributed by atoms with E-state index in [0.29, 0.717) is 13.7 Å². The summed E-state index contributed by atoms with van der Waals surface area (Å²) in [6.45, 7) is 0.265. The molecule has 0 atom stereocenters. The third-order valence-corrected chi connectivity index (χ3v) is 2.17. The van der Waals surface area contributed by atoms with Crippen molar-refractivity contribution in [3.63, 3.8) is 0 Å². The molecule has 78 valence electrons. The quantitative estimate of drug-likeness (QED) is 0.729. The molecule has 1 aromatic heterocycles. The van der Waals surface area contributed by atoms with Crippen molar-refractivity contribution in [2.24, 2.45) is 0 Å². The van der Waals surface area contributed by atoms with Crippen LogP contribution in [-0.2, 0) is 6.54 Å². The monoisotopic (exact) mass is 317 g/mol. The first kappa shape index (κ1) is 11.5. The zero-order valence-electron chi connectivity index (χ0n) is 7.23. The molecule has 14 heavy (non-hydrogen) atoms. The molecule has 0 aliphatic carbocycles. The van der Waals surface area contributed by atoms with Crippen LogP contribution in [0.5, 0.6) is 0 Å². The van der Waals surface area contributed by atoms with Crippen molar-refractivity contribution >= 4 is 22.6 Å². The summed E-state index contributed by atoms with van der Waals surface area (Å²) in [6, 6.07) is 1.55. The fourth-order valence-electron chi connectivity index (χ4n) is 1.05. The Morgan fingerprint density at radius 1 is 1.50 bits per heavy atom. The van der Waals surface area contributed by atoms with Crippen molar-refractivity contribution in [1.29, 1.82) is 0 Å². The summed E-state index contributed by atoms with van der Waals surface area (Å²) < 4.78 is 37.4. The number of pyridine rings is 1. The lowest BCUT2D eigenvalue weighted by atomic mass is 10.3. The number of rotatable bonds is 1. The molecule has 0 amide bonds. The average Bonchev–Trinajstić information content (AvgIpc) is 1.96. The van der Waals surface area contributed by atoms with E-state index in [4.69, 9.17) is 0 Å². The molecule has 0 spiro atoms. The van der Waals surface area contributed by atoms with Crippen molar-refractivity contribution in [2.45, 2.75) is 19.6 Å². The van der Waals surface area contributed by atoms with E-state index < -0.39 is 18.3 Å². The summed E-state index contributed by atoms with van der Waals surface area (Å²) in [4.78, 5) is 11.3. The largest absolute Gasteiger partial charge is 0.406 e. The molecule has 0 saturated heterocycles. The fraction of sp³-hybridized carbons (Fsp3) is 0.375. The van der Waals surface area contributed by atoms with Crippen molar-refractivity contribution in [2.75, 3.05) is 0 Å². The van der Waals surface area contributed by atoms with Crippen molar-refractivity contribution in [1.82, 2.24) is 4.57 Å². The molecule has 1 heterocycles. The standard InChI is InChI=1S/C8H7F3INO/c1-5-2-6(12)3-13(7(5)14)4-8(9,10)11/h2-3H,4H2,1H3. The Hall–Kier alpha value is -0.530. The van der Waals surface area contributed by atoms with Gasteiger partial charge in [0, 0.05) is 15.3 Å². The zero-order chi connectivity index (χ0) is 10.9. The molecule has 1 aromatic rings. The molecule has 1 rings (SSSR count). The van der Waals surface area contributed by atoms with Gasteiger partial charge in [-0.3, -0.25) is 4.79 Å².